The van der Waals surface area contributed by atoms with E-state index in [1.54, 1.807) is 0 Å². The number of pyridine rings is 1. The zero-order valence-electron chi connectivity index (χ0n) is 6.44. The monoisotopic (exact) mass is 207 g/mol. The Morgan fingerprint density at radius 2 is 2.31 bits per heavy atom. The van der Waals surface area contributed by atoms with Crippen LogP contribution in [0.25, 0.3) is 0 Å². The van der Waals surface area contributed by atoms with Crippen LogP contribution in [0.5, 0.6) is 5.75 Å². The minimum Gasteiger partial charge on any atom is -0.480 e. The van der Waals surface area contributed by atoms with Crippen molar-refractivity contribution in [1.29, 1.82) is 0 Å². The van der Waals surface area contributed by atoms with Crippen molar-refractivity contribution in [2.45, 2.75) is 0 Å². The summed E-state index contributed by atoms with van der Waals surface area (Å²) in [5.41, 5.74) is 0. The molecule has 0 radical (unpaired) electrons. The molecule has 1 rings (SSSR count). The van der Waals surface area contributed by atoms with Crippen molar-refractivity contribution in [3.63, 3.8) is 0 Å². The molecule has 0 aliphatic rings. The van der Waals surface area contributed by atoms with E-state index in [9.17, 15) is 9.18 Å². The first kappa shape index (κ1) is 11.6. The molecule has 0 bridgehead atoms. The van der Waals surface area contributed by atoms with Crippen LogP contribution in [0.1, 0.15) is 0 Å². The Morgan fingerprint density at radius 1 is 1.62 bits per heavy atom. The van der Waals surface area contributed by atoms with Crippen LogP contribution in [0, 0.1) is 5.95 Å². The van der Waals surface area contributed by atoms with E-state index in [0.717, 1.165) is 12.3 Å². The molecule has 0 saturated carbocycles. The molecule has 0 spiro atoms. The highest BCUT2D eigenvalue weighted by Crippen LogP contribution is 2.07. The minimum atomic E-state index is -1.08. The molecule has 0 unspecified atom stereocenters. The summed E-state index contributed by atoms with van der Waals surface area (Å²) in [5.74, 6) is -1.48. The maximum absolute atomic E-state index is 12.2. The molecule has 0 aromatic carbocycles. The number of hydrogen-bond donors (Lipinski definition) is 1. The molecule has 1 N–H and O–H groups in total. The van der Waals surface area contributed by atoms with Gasteiger partial charge in [0.25, 0.3) is 0 Å². The summed E-state index contributed by atoms with van der Waals surface area (Å²) < 4.78 is 16.9. The second-order valence-corrected chi connectivity index (χ2v) is 2.00. The lowest BCUT2D eigenvalue weighted by Crippen LogP contribution is -2.09. The van der Waals surface area contributed by atoms with Crippen LogP contribution in [0.15, 0.2) is 18.3 Å². The normalized spacial score (nSPS) is 8.69. The molecule has 6 heteroatoms. The molecule has 0 fully saturated rings. The fourth-order valence-electron chi connectivity index (χ4n) is 0.593. The Hall–Kier alpha value is -1.36. The third-order valence-corrected chi connectivity index (χ3v) is 1.06. The summed E-state index contributed by atoms with van der Waals surface area (Å²) >= 11 is 0. The lowest BCUT2D eigenvalue weighted by atomic mass is 10.4. The Balaban J connectivity index is 0.00000144. The summed E-state index contributed by atoms with van der Waals surface area (Å²) in [6.07, 6.45) is 1.12. The van der Waals surface area contributed by atoms with E-state index >= 15 is 0 Å². The summed E-state index contributed by atoms with van der Waals surface area (Å²) in [6.45, 7) is -0.451. The van der Waals surface area contributed by atoms with E-state index in [1.165, 1.54) is 6.07 Å². The Morgan fingerprint density at radius 3 is 2.77 bits per heavy atom. The molecule has 72 valence electrons. The van der Waals surface area contributed by atoms with Gasteiger partial charge >= 0.3 is 5.97 Å². The number of nitrogens with zero attached hydrogens (tertiary/aromatic N) is 1. The molecule has 1 aromatic heterocycles. The standard InChI is InChI=1S/C7H6FNO3.ClH/c8-6-2-1-5(3-9-6)12-4-7(10)11;/h1-3H,4H2,(H,10,11);1H. The zero-order chi connectivity index (χ0) is 8.97. The number of carboxylic acid groups (broad SMARTS) is 1. The van der Waals surface area contributed by atoms with Gasteiger partial charge in [0.2, 0.25) is 5.95 Å². The molecule has 1 heterocycles. The number of hydrogen-bond acceptors (Lipinski definition) is 3. The predicted octanol–water partition coefficient (Wildman–Crippen LogP) is 1.11. The lowest BCUT2D eigenvalue weighted by Gasteiger charge is -2.00. The topological polar surface area (TPSA) is 59.4 Å². The quantitative estimate of drug-likeness (QED) is 0.755. The third kappa shape index (κ3) is 4.27. The van der Waals surface area contributed by atoms with Crippen LogP contribution in [-0.2, 0) is 4.79 Å². The van der Waals surface area contributed by atoms with Crippen molar-refractivity contribution in [3.05, 3.63) is 24.3 Å². The summed E-state index contributed by atoms with van der Waals surface area (Å²) in [5, 5.41) is 8.21. The van der Waals surface area contributed by atoms with Gasteiger partial charge in [0, 0.05) is 0 Å². The summed E-state index contributed by atoms with van der Waals surface area (Å²) in [7, 11) is 0. The van der Waals surface area contributed by atoms with Crippen molar-refractivity contribution in [2.24, 2.45) is 0 Å². The van der Waals surface area contributed by atoms with Gasteiger partial charge in [0.15, 0.2) is 6.61 Å². The Kier molecular flexibility index (Phi) is 4.76. The average Bonchev–Trinajstić information content (AvgIpc) is 2.03. The van der Waals surface area contributed by atoms with E-state index in [-0.39, 0.29) is 18.2 Å². The molecule has 0 amide bonds. The van der Waals surface area contributed by atoms with Gasteiger partial charge in [-0.3, -0.25) is 0 Å². The van der Waals surface area contributed by atoms with E-state index in [1.807, 2.05) is 0 Å². The van der Waals surface area contributed by atoms with Crippen molar-refractivity contribution in [1.82, 2.24) is 4.98 Å². The summed E-state index contributed by atoms with van der Waals surface area (Å²) in [4.78, 5) is 13.3. The van der Waals surface area contributed by atoms with Gasteiger partial charge in [0.1, 0.15) is 5.75 Å². The fraction of sp³-hybridized carbons (Fsp3) is 0.143. The van der Waals surface area contributed by atoms with Gasteiger partial charge in [-0.05, 0) is 12.1 Å². The number of carboxylic acids is 1. The first-order valence-corrected chi connectivity index (χ1v) is 3.14. The minimum absolute atomic E-state index is 0. The van der Waals surface area contributed by atoms with Crippen molar-refractivity contribution in [2.75, 3.05) is 6.61 Å². The number of carbonyl (C=O) groups is 1. The van der Waals surface area contributed by atoms with E-state index in [0.29, 0.717) is 0 Å². The average molecular weight is 208 g/mol. The van der Waals surface area contributed by atoms with Crippen molar-refractivity contribution < 1.29 is 19.0 Å². The first-order valence-electron chi connectivity index (χ1n) is 3.14. The molecule has 0 aliphatic carbocycles. The van der Waals surface area contributed by atoms with Crippen LogP contribution in [0.2, 0.25) is 0 Å². The highest BCUT2D eigenvalue weighted by Gasteiger charge is 1.99. The number of halogens is 2. The highest BCUT2D eigenvalue weighted by atomic mass is 35.5. The van der Waals surface area contributed by atoms with Crippen molar-refractivity contribution in [3.8, 4) is 5.75 Å². The number of aliphatic carboxylic acids is 1. The van der Waals surface area contributed by atoms with Crippen LogP contribution < -0.4 is 4.74 Å². The van der Waals surface area contributed by atoms with Gasteiger partial charge in [-0.15, -0.1) is 12.4 Å². The van der Waals surface area contributed by atoms with E-state index < -0.39 is 18.5 Å². The van der Waals surface area contributed by atoms with Gasteiger partial charge in [-0.25, -0.2) is 9.78 Å². The fourth-order valence-corrected chi connectivity index (χ4v) is 0.593. The van der Waals surface area contributed by atoms with Crippen LogP contribution >= 0.6 is 12.4 Å². The zero-order valence-corrected chi connectivity index (χ0v) is 7.25. The molecule has 4 nitrogen and oxygen atoms in total. The molecule has 0 aliphatic heterocycles. The van der Waals surface area contributed by atoms with Gasteiger partial charge in [-0.2, -0.15) is 4.39 Å². The SMILES string of the molecule is Cl.O=C(O)COc1ccc(F)nc1. The second kappa shape index (κ2) is 5.31. The molecule has 1 aromatic rings. The Labute approximate surface area is 79.8 Å². The second-order valence-electron chi connectivity index (χ2n) is 2.00. The smallest absolute Gasteiger partial charge is 0.341 e. The third-order valence-electron chi connectivity index (χ3n) is 1.06. The number of rotatable bonds is 3. The number of ether oxygens (including phenoxy) is 1. The molecule has 0 atom stereocenters. The molecular weight excluding hydrogens is 201 g/mol. The highest BCUT2D eigenvalue weighted by molar-refractivity contribution is 5.85. The number of aromatic nitrogens is 1. The van der Waals surface area contributed by atoms with Crippen LogP contribution in [0.4, 0.5) is 4.39 Å². The largest absolute Gasteiger partial charge is 0.480 e. The van der Waals surface area contributed by atoms with E-state index in [4.69, 9.17) is 9.84 Å². The Bertz CT molecular complexity index is 278. The maximum atomic E-state index is 12.2. The van der Waals surface area contributed by atoms with Gasteiger partial charge in [0.05, 0.1) is 6.20 Å². The summed E-state index contributed by atoms with van der Waals surface area (Å²) in [6, 6.07) is 2.41. The van der Waals surface area contributed by atoms with Crippen molar-refractivity contribution >= 4 is 18.4 Å². The van der Waals surface area contributed by atoms with E-state index in [2.05, 4.69) is 4.98 Å². The molecule has 13 heavy (non-hydrogen) atoms. The molecular formula is C7H7ClFNO3. The predicted molar refractivity (Wildman–Crippen MR) is 44.6 cm³/mol. The lowest BCUT2D eigenvalue weighted by molar-refractivity contribution is -0.139. The molecule has 0 saturated heterocycles. The van der Waals surface area contributed by atoms with Crippen LogP contribution in [-0.4, -0.2) is 22.7 Å². The van der Waals surface area contributed by atoms with Gasteiger partial charge < -0.3 is 9.84 Å². The maximum Gasteiger partial charge on any atom is 0.341 e. The van der Waals surface area contributed by atoms with Crippen LogP contribution in [0.3, 0.4) is 0 Å². The first-order chi connectivity index (χ1) is 5.68. The van der Waals surface area contributed by atoms with Gasteiger partial charge in [-0.1, -0.05) is 0 Å².